The van der Waals surface area contributed by atoms with Gasteiger partial charge >= 0.3 is 0 Å². The van der Waals surface area contributed by atoms with Crippen LogP contribution >= 0.6 is 0 Å². The first-order valence-corrected chi connectivity index (χ1v) is 11.3. The second kappa shape index (κ2) is 8.25. The molecule has 6 nitrogen and oxygen atoms in total. The molecule has 1 amide bonds. The minimum Gasteiger partial charge on any atom is -0.395 e. The van der Waals surface area contributed by atoms with Gasteiger partial charge in [-0.3, -0.25) is 9.69 Å². The highest BCUT2D eigenvalue weighted by Gasteiger charge is 2.47. The van der Waals surface area contributed by atoms with Crippen molar-refractivity contribution in [1.29, 1.82) is 0 Å². The molecular weight excluding hydrogens is 366 g/mol. The number of hydrogen-bond acceptors (Lipinski definition) is 5. The Bertz CT molecular complexity index is 722. The zero-order valence-corrected chi connectivity index (χ0v) is 17.2. The number of hydrogen-bond donors (Lipinski definition) is 1. The van der Waals surface area contributed by atoms with E-state index in [4.69, 9.17) is 4.74 Å². The van der Waals surface area contributed by atoms with E-state index in [2.05, 4.69) is 20.8 Å². The number of amides is 1. The predicted octanol–water partition coefficient (Wildman–Crippen LogP) is 1.83. The lowest BCUT2D eigenvalue weighted by Crippen LogP contribution is -2.65. The van der Waals surface area contributed by atoms with Crippen molar-refractivity contribution in [2.75, 3.05) is 57.4 Å². The van der Waals surface area contributed by atoms with E-state index in [9.17, 15) is 9.90 Å². The van der Waals surface area contributed by atoms with Crippen molar-refractivity contribution in [3.8, 4) is 0 Å². The first kappa shape index (κ1) is 19.3. The van der Waals surface area contributed by atoms with Gasteiger partial charge in [-0.2, -0.15) is 0 Å². The molecule has 4 atom stereocenters. The molecule has 6 heteroatoms. The molecule has 4 heterocycles. The number of piperidine rings is 3. The van der Waals surface area contributed by atoms with Crippen LogP contribution in [0.5, 0.6) is 0 Å². The molecule has 4 saturated heterocycles. The van der Waals surface area contributed by atoms with E-state index in [1.165, 1.54) is 19.3 Å². The Kier molecular flexibility index (Phi) is 5.50. The number of carbonyl (C=O) groups excluding carboxylic acids is 1. The Labute approximate surface area is 173 Å². The SMILES string of the molecule is O=C(c1ccccc1N1CCOCC1)N1C[C@H]2C[C@@H](C1)[C@H](CO)N1CCCC[C@@H]21. The lowest BCUT2D eigenvalue weighted by molar-refractivity contribution is -0.0795. The summed E-state index contributed by atoms with van der Waals surface area (Å²) in [5.74, 6) is 1.08. The lowest BCUT2D eigenvalue weighted by atomic mass is 9.72. The number of ether oxygens (including phenoxy) is 1. The third-order valence-electron chi connectivity index (χ3n) is 7.58. The molecule has 0 saturated carbocycles. The summed E-state index contributed by atoms with van der Waals surface area (Å²) < 4.78 is 5.50. The van der Waals surface area contributed by atoms with Crippen molar-refractivity contribution >= 4 is 11.6 Å². The minimum absolute atomic E-state index is 0.155. The number of likely N-dealkylation sites (tertiary alicyclic amines) is 1. The fourth-order valence-electron chi connectivity index (χ4n) is 6.23. The number of benzene rings is 1. The Morgan fingerprint density at radius 2 is 1.86 bits per heavy atom. The van der Waals surface area contributed by atoms with Crippen molar-refractivity contribution in [2.24, 2.45) is 11.8 Å². The van der Waals surface area contributed by atoms with Gasteiger partial charge < -0.3 is 19.6 Å². The Hall–Kier alpha value is -1.63. The predicted molar refractivity (Wildman–Crippen MR) is 112 cm³/mol. The summed E-state index contributed by atoms with van der Waals surface area (Å²) in [6, 6.07) is 8.79. The average molecular weight is 400 g/mol. The summed E-state index contributed by atoms with van der Waals surface area (Å²) >= 11 is 0. The molecule has 2 bridgehead atoms. The maximum atomic E-state index is 13.6. The van der Waals surface area contributed by atoms with Crippen LogP contribution in [0.2, 0.25) is 0 Å². The third-order valence-corrected chi connectivity index (χ3v) is 7.58. The summed E-state index contributed by atoms with van der Waals surface area (Å²) in [6.45, 7) is 6.03. The van der Waals surface area contributed by atoms with Gasteiger partial charge in [0.05, 0.1) is 25.4 Å². The molecule has 158 valence electrons. The van der Waals surface area contributed by atoms with Gasteiger partial charge in [-0.15, -0.1) is 0 Å². The molecule has 4 aliphatic rings. The third kappa shape index (κ3) is 3.56. The summed E-state index contributed by atoms with van der Waals surface area (Å²) in [5.41, 5.74) is 1.85. The standard InChI is InChI=1S/C23H33N3O3/c27-16-22-18-13-17(20-6-3-4-8-26(20)22)14-25(15-18)23(28)19-5-1-2-7-21(19)24-9-11-29-12-10-24/h1-2,5,7,17-18,20,22,27H,3-4,6,8-16H2/t17-,18+,20+,22+/m1/s1. The molecule has 5 rings (SSSR count). The number of nitrogens with zero attached hydrogens (tertiary/aromatic N) is 3. The van der Waals surface area contributed by atoms with Crippen LogP contribution in [0.25, 0.3) is 0 Å². The molecule has 0 aliphatic carbocycles. The number of anilines is 1. The lowest BCUT2D eigenvalue weighted by Gasteiger charge is -2.56. The van der Waals surface area contributed by atoms with Gasteiger partial charge in [-0.05, 0) is 49.8 Å². The number of morpholine rings is 1. The van der Waals surface area contributed by atoms with Gasteiger partial charge in [0.1, 0.15) is 0 Å². The number of para-hydroxylation sites is 1. The van der Waals surface area contributed by atoms with Crippen LogP contribution in [-0.4, -0.2) is 85.4 Å². The summed E-state index contributed by atoms with van der Waals surface area (Å²) in [4.78, 5) is 20.6. The van der Waals surface area contributed by atoms with Crippen LogP contribution in [-0.2, 0) is 4.74 Å². The first-order chi connectivity index (χ1) is 14.3. The highest BCUT2D eigenvalue weighted by molar-refractivity contribution is 6.00. The maximum absolute atomic E-state index is 13.6. The Morgan fingerprint density at radius 1 is 1.07 bits per heavy atom. The van der Waals surface area contributed by atoms with Crippen LogP contribution < -0.4 is 4.90 Å². The van der Waals surface area contributed by atoms with Gasteiger partial charge in [0.25, 0.3) is 5.91 Å². The van der Waals surface area contributed by atoms with Crippen molar-refractivity contribution in [1.82, 2.24) is 9.80 Å². The van der Waals surface area contributed by atoms with Crippen molar-refractivity contribution in [3.63, 3.8) is 0 Å². The Morgan fingerprint density at radius 3 is 2.69 bits per heavy atom. The number of aliphatic hydroxyl groups excluding tert-OH is 1. The van der Waals surface area contributed by atoms with Gasteiger partial charge in [0.15, 0.2) is 0 Å². The topological polar surface area (TPSA) is 56.3 Å². The van der Waals surface area contributed by atoms with Crippen molar-refractivity contribution in [2.45, 2.75) is 37.8 Å². The van der Waals surface area contributed by atoms with Crippen molar-refractivity contribution in [3.05, 3.63) is 29.8 Å². The fourth-order valence-corrected chi connectivity index (χ4v) is 6.23. The second-order valence-corrected chi connectivity index (χ2v) is 9.13. The van der Waals surface area contributed by atoms with Gasteiger partial charge in [-0.1, -0.05) is 18.6 Å². The summed E-state index contributed by atoms with van der Waals surface area (Å²) in [5, 5.41) is 10.1. The highest BCUT2D eigenvalue weighted by atomic mass is 16.5. The average Bonchev–Trinajstić information content (AvgIpc) is 2.79. The minimum atomic E-state index is 0.155. The molecule has 0 aromatic heterocycles. The zero-order valence-electron chi connectivity index (χ0n) is 17.2. The van der Waals surface area contributed by atoms with Crippen LogP contribution in [0.15, 0.2) is 24.3 Å². The molecule has 4 aliphatic heterocycles. The zero-order chi connectivity index (χ0) is 19.8. The summed E-state index contributed by atoms with van der Waals surface area (Å²) in [7, 11) is 0. The molecule has 1 aromatic carbocycles. The van der Waals surface area contributed by atoms with E-state index in [0.717, 1.165) is 50.4 Å². The van der Waals surface area contributed by atoms with Crippen LogP contribution in [0.4, 0.5) is 5.69 Å². The number of fused-ring (bicyclic) bond motifs is 4. The molecule has 0 spiro atoms. The number of aliphatic hydroxyl groups is 1. The number of rotatable bonds is 3. The van der Waals surface area contributed by atoms with E-state index in [1.54, 1.807) is 0 Å². The molecular formula is C23H33N3O3. The van der Waals surface area contributed by atoms with E-state index in [1.807, 2.05) is 18.2 Å². The first-order valence-electron chi connectivity index (χ1n) is 11.3. The van der Waals surface area contributed by atoms with E-state index in [0.29, 0.717) is 31.1 Å². The highest BCUT2D eigenvalue weighted by Crippen LogP contribution is 2.41. The van der Waals surface area contributed by atoms with Gasteiger partial charge in [0.2, 0.25) is 0 Å². The monoisotopic (exact) mass is 399 g/mol. The molecule has 1 aromatic rings. The quantitative estimate of drug-likeness (QED) is 0.841. The summed E-state index contributed by atoms with van der Waals surface area (Å²) in [6.07, 6.45) is 4.87. The smallest absolute Gasteiger partial charge is 0.255 e. The number of carbonyl (C=O) groups is 1. The Balaban J connectivity index is 1.39. The maximum Gasteiger partial charge on any atom is 0.255 e. The van der Waals surface area contributed by atoms with Crippen LogP contribution in [0, 0.1) is 11.8 Å². The van der Waals surface area contributed by atoms with Crippen LogP contribution in [0.3, 0.4) is 0 Å². The van der Waals surface area contributed by atoms with Gasteiger partial charge in [0, 0.05) is 44.0 Å². The largest absolute Gasteiger partial charge is 0.395 e. The van der Waals surface area contributed by atoms with Crippen molar-refractivity contribution < 1.29 is 14.6 Å². The molecule has 1 N–H and O–H groups in total. The normalized spacial score (nSPS) is 32.7. The van der Waals surface area contributed by atoms with E-state index >= 15 is 0 Å². The molecule has 0 unspecified atom stereocenters. The molecule has 0 radical (unpaired) electrons. The van der Waals surface area contributed by atoms with E-state index < -0.39 is 0 Å². The van der Waals surface area contributed by atoms with Crippen LogP contribution in [0.1, 0.15) is 36.0 Å². The molecule has 29 heavy (non-hydrogen) atoms. The fraction of sp³-hybridized carbons (Fsp3) is 0.696. The van der Waals surface area contributed by atoms with Gasteiger partial charge in [-0.25, -0.2) is 0 Å². The van der Waals surface area contributed by atoms with E-state index in [-0.39, 0.29) is 18.6 Å². The second-order valence-electron chi connectivity index (χ2n) is 9.13. The molecule has 4 fully saturated rings.